The van der Waals surface area contributed by atoms with E-state index in [-0.39, 0.29) is 19.6 Å². The number of aryl methyl sites for hydroxylation is 1. The van der Waals surface area contributed by atoms with E-state index in [1.165, 1.54) is 16.8 Å². The number of nitrogens with one attached hydrogen (secondary N) is 1. The molecule has 2 aromatic heterocycles. The number of hydrogen-bond acceptors (Lipinski definition) is 6. The highest BCUT2D eigenvalue weighted by Crippen LogP contribution is 2.22. The van der Waals surface area contributed by atoms with E-state index in [9.17, 15) is 14.4 Å². The zero-order chi connectivity index (χ0) is 18.5. The molecule has 1 N–H and O–H groups in total. The Balaban J connectivity index is 1.52. The van der Waals surface area contributed by atoms with Gasteiger partial charge in [0.25, 0.3) is 5.56 Å². The van der Waals surface area contributed by atoms with Crippen LogP contribution in [0.25, 0.3) is 11.3 Å². The van der Waals surface area contributed by atoms with Crippen LogP contribution >= 0.6 is 11.6 Å². The fourth-order valence-electron chi connectivity index (χ4n) is 2.19. The number of carbonyl (C=O) groups is 1. The highest BCUT2D eigenvalue weighted by atomic mass is 35.5. The number of H-pyrrole nitrogens is 1. The lowest BCUT2D eigenvalue weighted by molar-refractivity contribution is -0.145. The highest BCUT2D eigenvalue weighted by Gasteiger charge is 2.10. The number of aromatic amines is 1. The molecule has 0 radical (unpaired) electrons. The maximum absolute atomic E-state index is 11.8. The van der Waals surface area contributed by atoms with Crippen LogP contribution in [0.15, 0.2) is 56.7 Å². The van der Waals surface area contributed by atoms with E-state index in [1.54, 1.807) is 30.3 Å². The van der Waals surface area contributed by atoms with Crippen molar-refractivity contribution in [3.63, 3.8) is 0 Å². The second kappa shape index (κ2) is 7.83. The third-order valence-electron chi connectivity index (χ3n) is 3.52. The number of hydrogen-bond donors (Lipinski definition) is 1. The summed E-state index contributed by atoms with van der Waals surface area (Å²) in [4.78, 5) is 36.4. The predicted octanol–water partition coefficient (Wildman–Crippen LogP) is 1.98. The molecule has 0 aliphatic heterocycles. The number of halogens is 1. The zero-order valence-electron chi connectivity index (χ0n) is 13.5. The average molecular weight is 376 g/mol. The molecule has 0 spiro atoms. The van der Waals surface area contributed by atoms with Gasteiger partial charge in [-0.15, -0.1) is 0 Å². The Labute approximate surface area is 152 Å². The molecule has 0 aliphatic rings. The van der Waals surface area contributed by atoms with Gasteiger partial charge in [0.2, 0.25) is 0 Å². The molecule has 1 aromatic carbocycles. The van der Waals surface area contributed by atoms with Crippen molar-refractivity contribution in [2.75, 3.05) is 0 Å². The molecule has 0 fully saturated rings. The van der Waals surface area contributed by atoms with Crippen LogP contribution in [-0.4, -0.2) is 20.7 Å². The van der Waals surface area contributed by atoms with E-state index in [1.807, 2.05) is 0 Å². The van der Waals surface area contributed by atoms with Gasteiger partial charge in [-0.05, 0) is 24.3 Å². The SMILES string of the molecule is O=C(CCn1ccc(=O)[nH]c1=O)OCc1cc(-c2ccc(Cl)cc2)on1. The molecule has 3 rings (SSSR count). The lowest BCUT2D eigenvalue weighted by atomic mass is 10.2. The van der Waals surface area contributed by atoms with Crippen molar-refractivity contribution in [2.24, 2.45) is 0 Å². The van der Waals surface area contributed by atoms with Crippen molar-refractivity contribution in [1.82, 2.24) is 14.7 Å². The normalized spacial score (nSPS) is 10.7. The Morgan fingerprint density at radius 2 is 2.00 bits per heavy atom. The summed E-state index contributed by atoms with van der Waals surface area (Å²) in [6, 6.07) is 9.93. The molecule has 8 nitrogen and oxygen atoms in total. The summed E-state index contributed by atoms with van der Waals surface area (Å²) >= 11 is 5.84. The number of benzene rings is 1. The number of rotatable bonds is 6. The predicted molar refractivity (Wildman–Crippen MR) is 92.7 cm³/mol. The standard InChI is InChI=1S/C17H14ClN3O5/c18-12-3-1-11(2-4-12)14-9-13(20-26-14)10-25-16(23)6-8-21-7-5-15(22)19-17(21)24/h1-5,7,9H,6,8,10H2,(H,19,22,24). The Morgan fingerprint density at radius 3 is 2.73 bits per heavy atom. The summed E-state index contributed by atoms with van der Waals surface area (Å²) in [7, 11) is 0. The third-order valence-corrected chi connectivity index (χ3v) is 3.77. The summed E-state index contributed by atoms with van der Waals surface area (Å²) < 4.78 is 11.5. The largest absolute Gasteiger partial charge is 0.459 e. The second-order valence-corrected chi connectivity index (χ2v) is 5.84. The van der Waals surface area contributed by atoms with E-state index >= 15 is 0 Å². The third kappa shape index (κ3) is 4.48. The topological polar surface area (TPSA) is 107 Å². The monoisotopic (exact) mass is 375 g/mol. The number of ether oxygens (including phenoxy) is 1. The molecule has 3 aromatic rings. The molecule has 0 amide bonds. The minimum Gasteiger partial charge on any atom is -0.459 e. The lowest BCUT2D eigenvalue weighted by Crippen LogP contribution is -2.29. The summed E-state index contributed by atoms with van der Waals surface area (Å²) in [5.74, 6) is 0.0339. The number of carbonyl (C=O) groups excluding carboxylic acids is 1. The van der Waals surface area contributed by atoms with E-state index < -0.39 is 17.2 Å². The molecule has 2 heterocycles. The van der Waals surface area contributed by atoms with Crippen LogP contribution in [0.5, 0.6) is 0 Å². The molecule has 26 heavy (non-hydrogen) atoms. The van der Waals surface area contributed by atoms with Crippen molar-refractivity contribution >= 4 is 17.6 Å². The van der Waals surface area contributed by atoms with Gasteiger partial charge in [-0.25, -0.2) is 4.79 Å². The Hall–Kier alpha value is -3.13. The summed E-state index contributed by atoms with van der Waals surface area (Å²) in [6.07, 6.45) is 1.30. The van der Waals surface area contributed by atoms with E-state index in [2.05, 4.69) is 10.1 Å². The molecule has 9 heteroatoms. The molecular weight excluding hydrogens is 362 g/mol. The lowest BCUT2D eigenvalue weighted by Gasteiger charge is -2.04. The maximum Gasteiger partial charge on any atom is 0.328 e. The molecular formula is C17H14ClN3O5. The zero-order valence-corrected chi connectivity index (χ0v) is 14.2. The van der Waals surface area contributed by atoms with Gasteiger partial charge in [-0.3, -0.25) is 14.6 Å². The first-order chi connectivity index (χ1) is 12.5. The maximum atomic E-state index is 11.8. The second-order valence-electron chi connectivity index (χ2n) is 5.40. The van der Waals surface area contributed by atoms with E-state index in [0.29, 0.717) is 16.5 Å². The quantitative estimate of drug-likeness (QED) is 0.660. The van der Waals surface area contributed by atoms with Gasteiger partial charge in [-0.2, -0.15) is 0 Å². The van der Waals surface area contributed by atoms with Crippen LogP contribution in [0.4, 0.5) is 0 Å². The molecule has 0 bridgehead atoms. The van der Waals surface area contributed by atoms with Gasteiger partial charge >= 0.3 is 11.7 Å². The van der Waals surface area contributed by atoms with E-state index in [0.717, 1.165) is 5.56 Å². The Bertz CT molecular complexity index is 1020. The summed E-state index contributed by atoms with van der Waals surface area (Å²) in [5, 5.41) is 4.46. The van der Waals surface area contributed by atoms with Crippen LogP contribution in [0.3, 0.4) is 0 Å². The van der Waals surface area contributed by atoms with Gasteiger partial charge in [0.05, 0.1) is 6.42 Å². The Morgan fingerprint density at radius 1 is 1.23 bits per heavy atom. The van der Waals surface area contributed by atoms with Crippen molar-refractivity contribution in [1.29, 1.82) is 0 Å². The molecule has 134 valence electrons. The molecule has 0 aliphatic carbocycles. The summed E-state index contributed by atoms with van der Waals surface area (Å²) in [6.45, 7) is 0.0553. The van der Waals surface area contributed by atoms with Gasteiger partial charge < -0.3 is 13.8 Å². The highest BCUT2D eigenvalue weighted by molar-refractivity contribution is 6.30. The van der Waals surface area contributed by atoms with Gasteiger partial charge in [0.1, 0.15) is 12.3 Å². The molecule has 0 saturated heterocycles. The first kappa shape index (κ1) is 17.7. The smallest absolute Gasteiger partial charge is 0.328 e. The molecule has 0 unspecified atom stereocenters. The van der Waals surface area contributed by atoms with E-state index in [4.69, 9.17) is 20.9 Å². The van der Waals surface area contributed by atoms with Gasteiger partial charge in [0.15, 0.2) is 5.76 Å². The first-order valence-electron chi connectivity index (χ1n) is 7.68. The average Bonchev–Trinajstić information content (AvgIpc) is 3.09. The fourth-order valence-corrected chi connectivity index (χ4v) is 2.31. The van der Waals surface area contributed by atoms with Crippen LogP contribution in [0.1, 0.15) is 12.1 Å². The fraction of sp³-hybridized carbons (Fsp3) is 0.176. The number of esters is 1. The number of nitrogens with zero attached hydrogens (tertiary/aromatic N) is 2. The van der Waals surface area contributed by atoms with Crippen molar-refractivity contribution in [3.05, 3.63) is 74.1 Å². The molecule has 0 saturated carbocycles. The van der Waals surface area contributed by atoms with Crippen LogP contribution in [-0.2, 0) is 22.7 Å². The van der Waals surface area contributed by atoms with Crippen molar-refractivity contribution in [2.45, 2.75) is 19.6 Å². The first-order valence-corrected chi connectivity index (χ1v) is 8.06. The van der Waals surface area contributed by atoms with Crippen LogP contribution in [0, 0.1) is 0 Å². The van der Waals surface area contributed by atoms with Crippen LogP contribution in [0.2, 0.25) is 5.02 Å². The van der Waals surface area contributed by atoms with Gasteiger partial charge in [-0.1, -0.05) is 16.8 Å². The van der Waals surface area contributed by atoms with Gasteiger partial charge in [0, 0.05) is 35.5 Å². The minimum absolute atomic E-state index is 0.0200. The van der Waals surface area contributed by atoms with Crippen LogP contribution < -0.4 is 11.2 Å². The van der Waals surface area contributed by atoms with Crippen molar-refractivity contribution in [3.8, 4) is 11.3 Å². The summed E-state index contributed by atoms with van der Waals surface area (Å²) in [5.41, 5.74) is 0.201. The van der Waals surface area contributed by atoms with Crippen molar-refractivity contribution < 1.29 is 14.1 Å². The minimum atomic E-state index is -0.575. The number of aromatic nitrogens is 3. The molecule has 0 atom stereocenters. The Kier molecular flexibility index (Phi) is 5.33.